The molecule has 152 valence electrons. The molecule has 0 aliphatic rings. The number of anilines is 1. The molecule has 0 unspecified atom stereocenters. The summed E-state index contributed by atoms with van der Waals surface area (Å²) in [5.41, 5.74) is 4.31. The van der Waals surface area contributed by atoms with Gasteiger partial charge in [0.05, 0.1) is 5.75 Å². The first kappa shape index (κ1) is 20.9. The zero-order valence-electron chi connectivity index (χ0n) is 16.7. The first-order valence-corrected chi connectivity index (χ1v) is 12.3. The van der Waals surface area contributed by atoms with Crippen LogP contribution in [0.15, 0.2) is 69.3 Å². The molecule has 0 fully saturated rings. The zero-order chi connectivity index (χ0) is 20.9. The Kier molecular flexibility index (Phi) is 6.72. The Bertz CT molecular complexity index is 1160. The molecule has 4 nitrogen and oxygen atoms in total. The Morgan fingerprint density at radius 1 is 0.900 bits per heavy atom. The van der Waals surface area contributed by atoms with E-state index in [-0.39, 0.29) is 5.91 Å². The maximum Gasteiger partial charge on any atom is 0.234 e. The van der Waals surface area contributed by atoms with Crippen LogP contribution in [-0.2, 0) is 10.5 Å². The number of para-hydroxylation sites is 1. The summed E-state index contributed by atoms with van der Waals surface area (Å²) >= 11 is 4.64. The third-order valence-corrected chi connectivity index (χ3v) is 7.93. The largest absolute Gasteiger partial charge is 0.325 e. The second-order valence-electron chi connectivity index (χ2n) is 6.86. The van der Waals surface area contributed by atoms with E-state index in [1.165, 1.54) is 39.4 Å². The van der Waals surface area contributed by atoms with Crippen LogP contribution in [0.5, 0.6) is 0 Å². The standard InChI is InChI=1S/C23H21N3OS3/c1-15-7-5-8-16(2)21(15)24-20(27)14-29-23-26-25-22(30-23)28-13-18-11-6-10-17-9-3-4-12-19(17)18/h3-12H,13-14H2,1-2H3,(H,24,27). The fourth-order valence-corrected chi connectivity index (χ4v) is 6.01. The van der Waals surface area contributed by atoms with Crippen LogP contribution in [0.2, 0.25) is 0 Å². The smallest absolute Gasteiger partial charge is 0.234 e. The fourth-order valence-electron chi connectivity index (χ4n) is 3.19. The van der Waals surface area contributed by atoms with Crippen molar-refractivity contribution in [3.8, 4) is 0 Å². The van der Waals surface area contributed by atoms with Gasteiger partial charge in [-0.1, -0.05) is 95.5 Å². The molecule has 0 saturated carbocycles. The maximum absolute atomic E-state index is 12.4. The normalized spacial score (nSPS) is 11.0. The molecule has 3 aromatic carbocycles. The van der Waals surface area contributed by atoms with Crippen LogP contribution in [0.25, 0.3) is 10.8 Å². The van der Waals surface area contributed by atoms with Crippen molar-refractivity contribution in [1.82, 2.24) is 10.2 Å². The molecule has 7 heteroatoms. The van der Waals surface area contributed by atoms with Gasteiger partial charge in [-0.25, -0.2) is 0 Å². The lowest BCUT2D eigenvalue weighted by molar-refractivity contribution is -0.113. The van der Waals surface area contributed by atoms with Crippen molar-refractivity contribution in [1.29, 1.82) is 0 Å². The Morgan fingerprint density at radius 2 is 1.57 bits per heavy atom. The molecule has 0 saturated heterocycles. The van der Waals surface area contributed by atoms with E-state index in [4.69, 9.17) is 0 Å². The number of thioether (sulfide) groups is 2. The van der Waals surface area contributed by atoms with E-state index in [1.54, 1.807) is 11.8 Å². The quantitative estimate of drug-likeness (QED) is 0.333. The van der Waals surface area contributed by atoms with Crippen LogP contribution < -0.4 is 5.32 Å². The van der Waals surface area contributed by atoms with Gasteiger partial charge in [-0.3, -0.25) is 4.79 Å². The molecule has 0 aliphatic heterocycles. The van der Waals surface area contributed by atoms with E-state index < -0.39 is 0 Å². The van der Waals surface area contributed by atoms with Gasteiger partial charge in [-0.2, -0.15) is 0 Å². The first-order valence-electron chi connectivity index (χ1n) is 9.52. The van der Waals surface area contributed by atoms with Crippen molar-refractivity contribution in [3.05, 3.63) is 77.4 Å². The summed E-state index contributed by atoms with van der Waals surface area (Å²) in [4.78, 5) is 12.4. The van der Waals surface area contributed by atoms with Crippen LogP contribution in [-0.4, -0.2) is 21.9 Å². The monoisotopic (exact) mass is 451 g/mol. The van der Waals surface area contributed by atoms with Crippen LogP contribution in [0.1, 0.15) is 16.7 Å². The van der Waals surface area contributed by atoms with E-state index in [1.807, 2.05) is 32.0 Å². The fraction of sp³-hybridized carbons (Fsp3) is 0.174. The lowest BCUT2D eigenvalue weighted by Gasteiger charge is -2.10. The van der Waals surface area contributed by atoms with Crippen LogP contribution in [0.3, 0.4) is 0 Å². The number of rotatable bonds is 7. The first-order chi connectivity index (χ1) is 14.6. The molecule has 4 rings (SSSR count). The minimum absolute atomic E-state index is 0.0300. The van der Waals surface area contributed by atoms with Crippen molar-refractivity contribution in [2.75, 3.05) is 11.1 Å². The summed E-state index contributed by atoms with van der Waals surface area (Å²) in [7, 11) is 0. The highest BCUT2D eigenvalue weighted by Crippen LogP contribution is 2.32. The second-order valence-corrected chi connectivity index (χ2v) is 10.3. The average Bonchev–Trinajstić information content (AvgIpc) is 3.21. The number of amides is 1. The van der Waals surface area contributed by atoms with E-state index in [0.717, 1.165) is 31.2 Å². The lowest BCUT2D eigenvalue weighted by Crippen LogP contribution is -2.15. The van der Waals surface area contributed by atoms with Gasteiger partial charge in [0.2, 0.25) is 5.91 Å². The van der Waals surface area contributed by atoms with Gasteiger partial charge in [-0.15, -0.1) is 10.2 Å². The van der Waals surface area contributed by atoms with Gasteiger partial charge < -0.3 is 5.32 Å². The highest BCUT2D eigenvalue weighted by Gasteiger charge is 2.11. The molecule has 30 heavy (non-hydrogen) atoms. The minimum Gasteiger partial charge on any atom is -0.325 e. The number of carbonyl (C=O) groups is 1. The van der Waals surface area contributed by atoms with E-state index in [0.29, 0.717) is 5.75 Å². The number of hydrogen-bond donors (Lipinski definition) is 1. The number of benzene rings is 3. The van der Waals surface area contributed by atoms with Gasteiger partial charge in [0, 0.05) is 11.4 Å². The van der Waals surface area contributed by atoms with Gasteiger partial charge in [0.15, 0.2) is 8.68 Å². The second kappa shape index (κ2) is 9.64. The highest BCUT2D eigenvalue weighted by atomic mass is 32.2. The molecule has 0 radical (unpaired) electrons. The summed E-state index contributed by atoms with van der Waals surface area (Å²) in [6.07, 6.45) is 0. The van der Waals surface area contributed by atoms with Crippen molar-refractivity contribution in [3.63, 3.8) is 0 Å². The molecule has 0 spiro atoms. The van der Waals surface area contributed by atoms with Crippen LogP contribution in [0, 0.1) is 13.8 Å². The molecule has 0 bridgehead atoms. The SMILES string of the molecule is Cc1cccc(C)c1NC(=O)CSc1nnc(SCc2cccc3ccccc23)s1. The van der Waals surface area contributed by atoms with Crippen LogP contribution in [0.4, 0.5) is 5.69 Å². The Labute approximate surface area is 188 Å². The predicted octanol–water partition coefficient (Wildman–Crippen LogP) is 6.33. The highest BCUT2D eigenvalue weighted by molar-refractivity contribution is 8.03. The lowest BCUT2D eigenvalue weighted by atomic mass is 10.1. The molecule has 1 aromatic heterocycles. The van der Waals surface area contributed by atoms with Crippen molar-refractivity contribution < 1.29 is 4.79 Å². The third-order valence-electron chi connectivity index (χ3n) is 4.69. The number of nitrogens with one attached hydrogen (secondary N) is 1. The summed E-state index contributed by atoms with van der Waals surface area (Å²) in [5, 5.41) is 14.0. The Balaban J connectivity index is 1.32. The number of carbonyl (C=O) groups excluding carboxylic acids is 1. The Hall–Kier alpha value is -2.35. The molecule has 1 N–H and O–H groups in total. The topological polar surface area (TPSA) is 54.9 Å². The average molecular weight is 452 g/mol. The van der Waals surface area contributed by atoms with Crippen molar-refractivity contribution >= 4 is 57.2 Å². The van der Waals surface area contributed by atoms with Gasteiger partial charge in [-0.05, 0) is 41.3 Å². The molecular formula is C23H21N3OS3. The minimum atomic E-state index is -0.0300. The summed E-state index contributed by atoms with van der Waals surface area (Å²) < 4.78 is 1.73. The molecular weight excluding hydrogens is 430 g/mol. The Morgan fingerprint density at radius 3 is 2.37 bits per heavy atom. The van der Waals surface area contributed by atoms with Gasteiger partial charge >= 0.3 is 0 Å². The third kappa shape index (κ3) is 5.03. The van der Waals surface area contributed by atoms with E-state index in [9.17, 15) is 4.79 Å². The summed E-state index contributed by atoms with van der Waals surface area (Å²) in [6.45, 7) is 4.00. The molecule has 0 aliphatic carbocycles. The summed E-state index contributed by atoms with van der Waals surface area (Å²) in [6, 6.07) is 20.8. The van der Waals surface area contributed by atoms with E-state index in [2.05, 4.69) is 58.0 Å². The molecule has 1 amide bonds. The molecule has 0 atom stereocenters. The van der Waals surface area contributed by atoms with Gasteiger partial charge in [0.25, 0.3) is 0 Å². The predicted molar refractivity (Wildman–Crippen MR) is 129 cm³/mol. The number of aromatic nitrogens is 2. The number of nitrogens with zero attached hydrogens (tertiary/aromatic N) is 2. The van der Waals surface area contributed by atoms with Crippen molar-refractivity contribution in [2.45, 2.75) is 28.3 Å². The number of hydrogen-bond acceptors (Lipinski definition) is 6. The molecule has 4 aromatic rings. The maximum atomic E-state index is 12.4. The number of aryl methyl sites for hydroxylation is 2. The molecule has 1 heterocycles. The zero-order valence-corrected chi connectivity index (χ0v) is 19.2. The van der Waals surface area contributed by atoms with Gasteiger partial charge in [0.1, 0.15) is 0 Å². The van der Waals surface area contributed by atoms with Crippen molar-refractivity contribution in [2.24, 2.45) is 0 Å². The summed E-state index contributed by atoms with van der Waals surface area (Å²) in [5.74, 6) is 1.13. The number of fused-ring (bicyclic) bond motifs is 1. The van der Waals surface area contributed by atoms with Crippen LogP contribution >= 0.6 is 34.9 Å². The van der Waals surface area contributed by atoms with E-state index >= 15 is 0 Å².